The quantitative estimate of drug-likeness (QED) is 0.753. The Morgan fingerprint density at radius 3 is 2.66 bits per heavy atom. The molecule has 1 aromatic carbocycles. The monoisotopic (exact) mass is 395 g/mol. The Bertz CT molecular complexity index is 811. The van der Waals surface area contributed by atoms with Crippen LogP contribution in [0.25, 0.3) is 11.3 Å². The Kier molecular flexibility index (Phi) is 6.04. The van der Waals surface area contributed by atoms with E-state index in [2.05, 4.69) is 10.1 Å². The molecule has 0 N–H and O–H groups in total. The highest BCUT2D eigenvalue weighted by molar-refractivity contribution is 5.83. The van der Waals surface area contributed by atoms with Crippen LogP contribution in [0.2, 0.25) is 0 Å². The van der Waals surface area contributed by atoms with Crippen LogP contribution in [0.4, 0.5) is 0 Å². The van der Waals surface area contributed by atoms with Crippen molar-refractivity contribution in [2.24, 2.45) is 5.41 Å². The van der Waals surface area contributed by atoms with Crippen LogP contribution in [0.3, 0.4) is 0 Å². The maximum absolute atomic E-state index is 13.4. The summed E-state index contributed by atoms with van der Waals surface area (Å²) in [6, 6.07) is 12.7. The molecule has 1 aliphatic carbocycles. The fraction of sp³-hybridized carbons (Fsp3) is 0.583. The molecule has 0 bridgehead atoms. The number of aromatic nitrogens is 1. The minimum absolute atomic E-state index is 0.218. The van der Waals surface area contributed by atoms with E-state index in [-0.39, 0.29) is 5.91 Å². The molecule has 5 nitrogen and oxygen atoms in total. The van der Waals surface area contributed by atoms with Crippen LogP contribution >= 0.6 is 0 Å². The first-order valence-electron chi connectivity index (χ1n) is 11.0. The molecule has 2 fully saturated rings. The summed E-state index contributed by atoms with van der Waals surface area (Å²) in [4.78, 5) is 17.7. The lowest BCUT2D eigenvalue weighted by Gasteiger charge is -2.46. The van der Waals surface area contributed by atoms with Gasteiger partial charge in [0.15, 0.2) is 0 Å². The summed E-state index contributed by atoms with van der Waals surface area (Å²) >= 11 is 0. The zero-order valence-electron chi connectivity index (χ0n) is 17.8. The van der Waals surface area contributed by atoms with Gasteiger partial charge in [-0.3, -0.25) is 9.69 Å². The second kappa shape index (κ2) is 8.70. The Morgan fingerprint density at radius 2 is 1.93 bits per heavy atom. The van der Waals surface area contributed by atoms with Gasteiger partial charge in [0.1, 0.15) is 11.5 Å². The number of rotatable bonds is 5. The number of nitrogens with zero attached hydrogens (tertiary/aromatic N) is 3. The minimum Gasteiger partial charge on any atom is -0.361 e. The van der Waals surface area contributed by atoms with E-state index in [0.717, 1.165) is 42.9 Å². The van der Waals surface area contributed by atoms with E-state index < -0.39 is 5.41 Å². The lowest BCUT2D eigenvalue weighted by atomic mass is 9.74. The Morgan fingerprint density at radius 1 is 1.17 bits per heavy atom. The topological polar surface area (TPSA) is 49.6 Å². The zero-order chi connectivity index (χ0) is 20.3. The molecule has 1 aromatic heterocycles. The molecule has 4 rings (SSSR count). The van der Waals surface area contributed by atoms with Gasteiger partial charge < -0.3 is 9.42 Å². The van der Waals surface area contributed by atoms with Gasteiger partial charge in [-0.05, 0) is 32.2 Å². The van der Waals surface area contributed by atoms with Crippen molar-refractivity contribution in [3.8, 4) is 11.3 Å². The summed E-state index contributed by atoms with van der Waals surface area (Å²) in [5, 5.41) is 4.28. The van der Waals surface area contributed by atoms with Crippen LogP contribution in [0, 0.1) is 5.41 Å². The van der Waals surface area contributed by atoms with Crippen LogP contribution in [0.15, 0.2) is 40.9 Å². The lowest BCUT2D eigenvalue weighted by Crippen LogP contribution is -2.55. The van der Waals surface area contributed by atoms with E-state index in [1.165, 1.54) is 32.1 Å². The molecule has 0 unspecified atom stereocenters. The number of amides is 1. The second-order valence-corrected chi connectivity index (χ2v) is 9.07. The fourth-order valence-corrected chi connectivity index (χ4v) is 5.27. The predicted octanol–water partition coefficient (Wildman–Crippen LogP) is 4.39. The molecular formula is C24H33N3O2. The molecule has 29 heavy (non-hydrogen) atoms. The lowest BCUT2D eigenvalue weighted by molar-refractivity contribution is -0.144. The third kappa shape index (κ3) is 4.40. The van der Waals surface area contributed by atoms with E-state index >= 15 is 0 Å². The molecule has 1 saturated heterocycles. The average molecular weight is 396 g/mol. The molecule has 1 amide bonds. The maximum Gasteiger partial charge on any atom is 0.230 e. The smallest absolute Gasteiger partial charge is 0.230 e. The summed E-state index contributed by atoms with van der Waals surface area (Å²) < 4.78 is 5.72. The summed E-state index contributed by atoms with van der Waals surface area (Å²) in [5.74, 6) is 1.03. The van der Waals surface area contributed by atoms with Crippen LogP contribution in [-0.4, -0.2) is 54.1 Å². The van der Waals surface area contributed by atoms with E-state index in [4.69, 9.17) is 4.52 Å². The van der Waals surface area contributed by atoms with Gasteiger partial charge in [0.25, 0.3) is 0 Å². The van der Waals surface area contributed by atoms with Gasteiger partial charge in [0.05, 0.1) is 5.41 Å². The first-order valence-corrected chi connectivity index (χ1v) is 11.0. The van der Waals surface area contributed by atoms with Gasteiger partial charge in [0, 0.05) is 44.7 Å². The van der Waals surface area contributed by atoms with Crippen molar-refractivity contribution < 1.29 is 9.32 Å². The highest BCUT2D eigenvalue weighted by Crippen LogP contribution is 2.38. The molecule has 2 aliphatic rings. The van der Waals surface area contributed by atoms with Gasteiger partial charge in [-0.2, -0.15) is 0 Å². The standard InChI is InChI=1S/C24H33N3O2/c1-26(2)23(28)24(14-9-15-27(18-24)20-12-7-4-8-13-20)17-21-16-22(25-29-21)19-10-5-3-6-11-19/h3,5-6,10-11,16,20H,4,7-9,12-15,17-18H2,1-2H3/t24-/m0/s1. The first kappa shape index (κ1) is 20.1. The van der Waals surface area contributed by atoms with Crippen molar-refractivity contribution in [1.82, 2.24) is 15.0 Å². The molecule has 2 heterocycles. The largest absolute Gasteiger partial charge is 0.361 e. The van der Waals surface area contributed by atoms with Crippen molar-refractivity contribution in [1.29, 1.82) is 0 Å². The van der Waals surface area contributed by atoms with E-state index in [1.807, 2.05) is 50.5 Å². The van der Waals surface area contributed by atoms with E-state index in [1.54, 1.807) is 4.90 Å². The summed E-state index contributed by atoms with van der Waals surface area (Å²) in [6.45, 7) is 1.94. The molecule has 2 aromatic rings. The third-order valence-electron chi connectivity index (χ3n) is 6.70. The van der Waals surface area contributed by atoms with Crippen molar-refractivity contribution in [3.63, 3.8) is 0 Å². The summed E-state index contributed by atoms with van der Waals surface area (Å²) in [5.41, 5.74) is 1.46. The Labute approximate surface area is 174 Å². The van der Waals surface area contributed by atoms with Crippen molar-refractivity contribution in [2.75, 3.05) is 27.2 Å². The van der Waals surface area contributed by atoms with Gasteiger partial charge in [-0.25, -0.2) is 0 Å². The van der Waals surface area contributed by atoms with Gasteiger partial charge in [0.2, 0.25) is 5.91 Å². The molecule has 0 spiro atoms. The SMILES string of the molecule is CN(C)C(=O)[C@]1(Cc2cc(-c3ccccc3)no2)CCCN(C2CCCCC2)C1. The molecule has 1 atom stereocenters. The van der Waals surface area contributed by atoms with Crippen LogP contribution < -0.4 is 0 Å². The highest BCUT2D eigenvalue weighted by atomic mass is 16.5. The third-order valence-corrected chi connectivity index (χ3v) is 6.70. The van der Waals surface area contributed by atoms with Gasteiger partial charge >= 0.3 is 0 Å². The number of carbonyl (C=O) groups excluding carboxylic acids is 1. The number of hydrogen-bond donors (Lipinski definition) is 0. The Balaban J connectivity index is 1.57. The number of piperidine rings is 1. The van der Waals surface area contributed by atoms with Crippen LogP contribution in [0.5, 0.6) is 0 Å². The van der Waals surface area contributed by atoms with Crippen molar-refractivity contribution in [2.45, 2.75) is 57.4 Å². The first-order chi connectivity index (χ1) is 14.1. The Hall–Kier alpha value is -2.14. The summed E-state index contributed by atoms with van der Waals surface area (Å²) in [6.07, 6.45) is 9.12. The minimum atomic E-state index is -0.424. The van der Waals surface area contributed by atoms with Crippen molar-refractivity contribution in [3.05, 3.63) is 42.2 Å². The number of benzene rings is 1. The average Bonchev–Trinajstić information content (AvgIpc) is 3.23. The normalized spacial score (nSPS) is 23.8. The molecule has 1 aliphatic heterocycles. The number of carbonyl (C=O) groups is 1. The maximum atomic E-state index is 13.4. The zero-order valence-corrected chi connectivity index (χ0v) is 17.8. The molecular weight excluding hydrogens is 362 g/mol. The van der Waals surface area contributed by atoms with Gasteiger partial charge in [-0.15, -0.1) is 0 Å². The number of likely N-dealkylation sites (tertiary alicyclic amines) is 1. The molecule has 5 heteroatoms. The van der Waals surface area contributed by atoms with Crippen molar-refractivity contribution >= 4 is 5.91 Å². The van der Waals surface area contributed by atoms with Crippen LogP contribution in [0.1, 0.15) is 50.7 Å². The second-order valence-electron chi connectivity index (χ2n) is 9.07. The number of hydrogen-bond acceptors (Lipinski definition) is 4. The summed E-state index contributed by atoms with van der Waals surface area (Å²) in [7, 11) is 3.75. The van der Waals surface area contributed by atoms with Gasteiger partial charge in [-0.1, -0.05) is 54.8 Å². The predicted molar refractivity (Wildman–Crippen MR) is 114 cm³/mol. The van der Waals surface area contributed by atoms with E-state index in [0.29, 0.717) is 12.5 Å². The molecule has 0 radical (unpaired) electrons. The van der Waals surface area contributed by atoms with Crippen LogP contribution in [-0.2, 0) is 11.2 Å². The highest BCUT2D eigenvalue weighted by Gasteiger charge is 2.45. The fourth-order valence-electron chi connectivity index (χ4n) is 5.27. The van der Waals surface area contributed by atoms with E-state index in [9.17, 15) is 4.79 Å². The molecule has 1 saturated carbocycles. The molecule has 156 valence electrons.